The van der Waals surface area contributed by atoms with E-state index in [1.54, 1.807) is 24.3 Å². The fourth-order valence-corrected chi connectivity index (χ4v) is 3.26. The van der Waals surface area contributed by atoms with Crippen molar-refractivity contribution in [3.63, 3.8) is 0 Å². The van der Waals surface area contributed by atoms with Crippen LogP contribution in [0.1, 0.15) is 18.9 Å². The second-order valence-corrected chi connectivity index (χ2v) is 7.39. The Balaban J connectivity index is 1.88. The quantitative estimate of drug-likeness (QED) is 0.612. The van der Waals surface area contributed by atoms with Gasteiger partial charge in [0.25, 0.3) is 0 Å². The Morgan fingerprint density at radius 3 is 2.46 bits per heavy atom. The number of carbonyl (C=O) groups is 1. The molecular weight excluding hydrogens is 356 g/mol. The van der Waals surface area contributed by atoms with Crippen LogP contribution in [0.25, 0.3) is 0 Å². The van der Waals surface area contributed by atoms with Gasteiger partial charge in [0.1, 0.15) is 11.5 Å². The van der Waals surface area contributed by atoms with Gasteiger partial charge in [0.15, 0.2) is 0 Å². The molecule has 2 aromatic rings. The SMILES string of the molecule is CCOc1ccc(S(=O)(=O)NCCC(=O)Nc2ccc(C)cc2O)cc1. The van der Waals surface area contributed by atoms with E-state index in [1.807, 2.05) is 13.8 Å². The molecule has 0 fully saturated rings. The van der Waals surface area contributed by atoms with Gasteiger partial charge in [0.05, 0.1) is 17.2 Å². The molecule has 3 N–H and O–H groups in total. The van der Waals surface area contributed by atoms with Gasteiger partial charge in [-0.3, -0.25) is 4.79 Å². The second-order valence-electron chi connectivity index (χ2n) is 5.62. The second kappa shape index (κ2) is 8.68. The van der Waals surface area contributed by atoms with Crippen LogP contribution in [0.5, 0.6) is 11.5 Å². The molecule has 0 bridgehead atoms. The number of rotatable bonds is 8. The van der Waals surface area contributed by atoms with Crippen molar-refractivity contribution in [3.05, 3.63) is 48.0 Å². The van der Waals surface area contributed by atoms with Gasteiger partial charge < -0.3 is 15.2 Å². The third-order valence-corrected chi connectivity index (χ3v) is 4.99. The van der Waals surface area contributed by atoms with Crippen LogP contribution in [0.2, 0.25) is 0 Å². The summed E-state index contributed by atoms with van der Waals surface area (Å²) in [6.45, 7) is 4.10. The van der Waals surface area contributed by atoms with Gasteiger partial charge in [0, 0.05) is 13.0 Å². The fraction of sp³-hybridized carbons (Fsp3) is 0.278. The third-order valence-electron chi connectivity index (χ3n) is 3.52. The van der Waals surface area contributed by atoms with E-state index in [9.17, 15) is 18.3 Å². The van der Waals surface area contributed by atoms with Crippen LogP contribution in [0.4, 0.5) is 5.69 Å². The first-order valence-electron chi connectivity index (χ1n) is 8.14. The molecular formula is C18H22N2O5S. The lowest BCUT2D eigenvalue weighted by molar-refractivity contribution is -0.116. The van der Waals surface area contributed by atoms with Crippen molar-refractivity contribution in [1.82, 2.24) is 4.72 Å². The first-order valence-corrected chi connectivity index (χ1v) is 9.62. The summed E-state index contributed by atoms with van der Waals surface area (Å²) in [6, 6.07) is 10.9. The molecule has 2 rings (SSSR count). The van der Waals surface area contributed by atoms with Gasteiger partial charge >= 0.3 is 0 Å². The molecule has 0 saturated heterocycles. The standard InChI is InChI=1S/C18H22N2O5S/c1-3-25-14-5-7-15(8-6-14)26(23,24)19-11-10-18(22)20-16-9-4-13(2)12-17(16)21/h4-9,12,19,21H,3,10-11H2,1-2H3,(H,20,22). The van der Waals surface area contributed by atoms with Gasteiger partial charge in [-0.05, 0) is 55.8 Å². The largest absolute Gasteiger partial charge is 0.506 e. The predicted molar refractivity (Wildman–Crippen MR) is 98.9 cm³/mol. The van der Waals surface area contributed by atoms with Gasteiger partial charge in [-0.15, -0.1) is 0 Å². The molecule has 0 spiro atoms. The number of ether oxygens (including phenoxy) is 1. The minimum absolute atomic E-state index is 0.0340. The van der Waals surface area contributed by atoms with Gasteiger partial charge in [-0.1, -0.05) is 6.07 Å². The topological polar surface area (TPSA) is 105 Å². The van der Waals surface area contributed by atoms with E-state index >= 15 is 0 Å². The molecule has 1 amide bonds. The van der Waals surface area contributed by atoms with Gasteiger partial charge in [0.2, 0.25) is 15.9 Å². The number of amides is 1. The van der Waals surface area contributed by atoms with Crippen molar-refractivity contribution in [2.45, 2.75) is 25.2 Å². The summed E-state index contributed by atoms with van der Waals surface area (Å²) in [6.07, 6.45) is -0.0659. The summed E-state index contributed by atoms with van der Waals surface area (Å²) in [5.74, 6) is 0.149. The molecule has 0 aliphatic heterocycles. The summed E-state index contributed by atoms with van der Waals surface area (Å²) in [5, 5.41) is 12.3. The molecule has 0 aliphatic carbocycles. The maximum Gasteiger partial charge on any atom is 0.240 e. The van der Waals surface area contributed by atoms with E-state index in [4.69, 9.17) is 4.74 Å². The van der Waals surface area contributed by atoms with E-state index in [0.29, 0.717) is 12.4 Å². The van der Waals surface area contributed by atoms with Crippen molar-refractivity contribution in [3.8, 4) is 11.5 Å². The number of anilines is 1. The summed E-state index contributed by atoms with van der Waals surface area (Å²) in [4.78, 5) is 12.0. The first-order chi connectivity index (χ1) is 12.3. The zero-order valence-electron chi connectivity index (χ0n) is 14.7. The minimum atomic E-state index is -3.71. The van der Waals surface area contributed by atoms with E-state index in [0.717, 1.165) is 5.56 Å². The third kappa shape index (κ3) is 5.47. The Morgan fingerprint density at radius 1 is 1.15 bits per heavy atom. The Hall–Kier alpha value is -2.58. The highest BCUT2D eigenvalue weighted by atomic mass is 32.2. The lowest BCUT2D eigenvalue weighted by Crippen LogP contribution is -2.27. The molecule has 0 aromatic heterocycles. The number of sulfonamides is 1. The summed E-state index contributed by atoms with van der Waals surface area (Å²) in [5.41, 5.74) is 1.15. The molecule has 2 aromatic carbocycles. The minimum Gasteiger partial charge on any atom is -0.506 e. The van der Waals surface area contributed by atoms with E-state index in [1.165, 1.54) is 18.2 Å². The summed E-state index contributed by atoms with van der Waals surface area (Å²) < 4.78 is 32.1. The molecule has 0 atom stereocenters. The first kappa shape index (κ1) is 19.7. The maximum absolute atomic E-state index is 12.2. The molecule has 0 saturated carbocycles. The van der Waals surface area contributed by atoms with Crippen LogP contribution in [0.15, 0.2) is 47.4 Å². The zero-order valence-corrected chi connectivity index (χ0v) is 15.5. The molecule has 7 nitrogen and oxygen atoms in total. The van der Waals surface area contributed by atoms with E-state index < -0.39 is 15.9 Å². The number of phenolic OH excluding ortho intramolecular Hbond substituents is 1. The normalized spacial score (nSPS) is 11.2. The molecule has 140 valence electrons. The lowest BCUT2D eigenvalue weighted by atomic mass is 10.2. The molecule has 0 radical (unpaired) electrons. The Morgan fingerprint density at radius 2 is 1.85 bits per heavy atom. The highest BCUT2D eigenvalue weighted by Crippen LogP contribution is 2.23. The Bertz CT molecular complexity index is 864. The average molecular weight is 378 g/mol. The van der Waals surface area contributed by atoms with Gasteiger partial charge in [-0.25, -0.2) is 13.1 Å². The van der Waals surface area contributed by atoms with Crippen LogP contribution < -0.4 is 14.8 Å². The number of benzene rings is 2. The monoisotopic (exact) mass is 378 g/mol. The molecule has 0 unspecified atom stereocenters. The van der Waals surface area contributed by atoms with Crippen LogP contribution in [-0.4, -0.2) is 32.6 Å². The lowest BCUT2D eigenvalue weighted by Gasteiger charge is -2.10. The number of hydrogen-bond acceptors (Lipinski definition) is 5. The van der Waals surface area contributed by atoms with Crippen LogP contribution >= 0.6 is 0 Å². The number of aromatic hydroxyl groups is 1. The van der Waals surface area contributed by atoms with Crippen molar-refractivity contribution in [2.75, 3.05) is 18.5 Å². The zero-order chi connectivity index (χ0) is 19.2. The fourth-order valence-electron chi connectivity index (χ4n) is 2.22. The smallest absolute Gasteiger partial charge is 0.240 e. The van der Waals surface area contributed by atoms with Gasteiger partial charge in [-0.2, -0.15) is 0 Å². The van der Waals surface area contributed by atoms with Crippen LogP contribution in [-0.2, 0) is 14.8 Å². The summed E-state index contributed by atoms with van der Waals surface area (Å²) in [7, 11) is -3.71. The predicted octanol–water partition coefficient (Wildman–Crippen LogP) is 2.41. The van der Waals surface area contributed by atoms with Crippen LogP contribution in [0.3, 0.4) is 0 Å². The highest BCUT2D eigenvalue weighted by Gasteiger charge is 2.14. The van der Waals surface area contributed by atoms with E-state index in [2.05, 4.69) is 10.0 Å². The van der Waals surface area contributed by atoms with Crippen molar-refractivity contribution in [1.29, 1.82) is 0 Å². The maximum atomic E-state index is 12.2. The summed E-state index contributed by atoms with van der Waals surface area (Å²) >= 11 is 0. The van der Waals surface area contributed by atoms with Crippen molar-refractivity contribution >= 4 is 21.6 Å². The molecule has 8 heteroatoms. The highest BCUT2D eigenvalue weighted by molar-refractivity contribution is 7.89. The number of hydrogen-bond donors (Lipinski definition) is 3. The number of carbonyl (C=O) groups excluding carboxylic acids is 1. The van der Waals surface area contributed by atoms with Crippen LogP contribution in [0, 0.1) is 6.92 Å². The number of nitrogens with one attached hydrogen (secondary N) is 2. The number of aryl methyl sites for hydroxylation is 1. The Labute approximate surface area is 153 Å². The van der Waals surface area contributed by atoms with Crippen molar-refractivity contribution in [2.24, 2.45) is 0 Å². The van der Waals surface area contributed by atoms with E-state index in [-0.39, 0.29) is 29.3 Å². The molecule has 0 aliphatic rings. The molecule has 0 heterocycles. The average Bonchev–Trinajstić information content (AvgIpc) is 2.58. The Kier molecular flexibility index (Phi) is 6.59. The number of phenols is 1. The molecule has 26 heavy (non-hydrogen) atoms. The van der Waals surface area contributed by atoms with Crippen molar-refractivity contribution < 1.29 is 23.1 Å².